The van der Waals surface area contributed by atoms with Crippen LogP contribution in [0.5, 0.6) is 0 Å². The normalized spacial score (nSPS) is 11.4. The molecule has 2 heterocycles. The summed E-state index contributed by atoms with van der Waals surface area (Å²) >= 11 is 0. The van der Waals surface area contributed by atoms with E-state index >= 15 is 0 Å². The second-order valence-electron chi connectivity index (χ2n) is 16.1. The van der Waals surface area contributed by atoms with Crippen molar-refractivity contribution in [3.63, 3.8) is 0 Å². The number of furan rings is 2. The number of fused-ring (bicyclic) bond motifs is 6. The predicted octanol–water partition coefficient (Wildman–Crippen LogP) is 17.4. The average Bonchev–Trinajstić information content (AvgIpc) is 3.93. The van der Waals surface area contributed by atoms with E-state index in [1.165, 1.54) is 0 Å². The molecule has 0 saturated heterocycles. The van der Waals surface area contributed by atoms with Crippen LogP contribution in [0.3, 0.4) is 0 Å². The first-order valence-electron chi connectivity index (χ1n) is 21.7. The second-order valence-corrected chi connectivity index (χ2v) is 16.1. The number of benzene rings is 10. The Hall–Kier alpha value is -8.60. The van der Waals surface area contributed by atoms with Gasteiger partial charge in [-0.25, -0.2) is 0 Å². The van der Waals surface area contributed by atoms with E-state index in [1.807, 2.05) is 24.3 Å². The van der Waals surface area contributed by atoms with Crippen LogP contribution in [0.25, 0.3) is 77.3 Å². The van der Waals surface area contributed by atoms with E-state index < -0.39 is 0 Å². The SMILES string of the molecule is c1ccc(-c2cccc(N(c3ccc4c(c3)oc3ccccc34)c3ccccc3-c3ccccc3N(c3cccc(-c4ccccc4)c3)c3ccc4c(c3)oc3ccccc34)c2)cc1. The van der Waals surface area contributed by atoms with Crippen molar-refractivity contribution in [3.05, 3.63) is 243 Å². The third kappa shape index (κ3) is 6.57. The molecule has 0 N–H and O–H groups in total. The molecule has 12 rings (SSSR count). The van der Waals surface area contributed by atoms with Gasteiger partial charge >= 0.3 is 0 Å². The van der Waals surface area contributed by atoms with E-state index in [0.29, 0.717) is 0 Å². The first-order chi connectivity index (χ1) is 31.7. The summed E-state index contributed by atoms with van der Waals surface area (Å²) in [5.74, 6) is 0. The molecule has 0 radical (unpaired) electrons. The topological polar surface area (TPSA) is 32.8 Å². The Balaban J connectivity index is 1.07. The minimum absolute atomic E-state index is 0.839. The summed E-state index contributed by atoms with van der Waals surface area (Å²) in [7, 11) is 0. The van der Waals surface area contributed by atoms with Gasteiger partial charge in [0.2, 0.25) is 0 Å². The van der Waals surface area contributed by atoms with Crippen molar-refractivity contribution < 1.29 is 8.83 Å². The van der Waals surface area contributed by atoms with E-state index in [-0.39, 0.29) is 0 Å². The third-order valence-corrected chi connectivity index (χ3v) is 12.2. The Labute approximate surface area is 371 Å². The fourth-order valence-electron chi connectivity index (χ4n) is 9.26. The van der Waals surface area contributed by atoms with Crippen molar-refractivity contribution in [2.45, 2.75) is 0 Å². The molecule has 12 aromatic rings. The highest BCUT2D eigenvalue weighted by molar-refractivity contribution is 6.08. The van der Waals surface area contributed by atoms with Crippen molar-refractivity contribution in [2.24, 2.45) is 0 Å². The first-order valence-corrected chi connectivity index (χ1v) is 21.7. The lowest BCUT2D eigenvalue weighted by molar-refractivity contribution is 0.668. The molecule has 0 amide bonds. The molecule has 4 heteroatoms. The molecule has 302 valence electrons. The smallest absolute Gasteiger partial charge is 0.137 e. The number of rotatable bonds is 9. The number of anilines is 6. The molecule has 0 fully saturated rings. The zero-order chi connectivity index (χ0) is 42.4. The van der Waals surface area contributed by atoms with Gasteiger partial charge in [-0.05, 0) is 95.1 Å². The molecule has 10 aromatic carbocycles. The van der Waals surface area contributed by atoms with Crippen LogP contribution in [-0.4, -0.2) is 0 Å². The largest absolute Gasteiger partial charge is 0.456 e. The minimum Gasteiger partial charge on any atom is -0.456 e. The summed E-state index contributed by atoms with van der Waals surface area (Å²) in [6.07, 6.45) is 0. The lowest BCUT2D eigenvalue weighted by atomic mass is 9.97. The highest BCUT2D eigenvalue weighted by Crippen LogP contribution is 2.48. The zero-order valence-corrected chi connectivity index (χ0v) is 34.8. The van der Waals surface area contributed by atoms with Gasteiger partial charge in [-0.1, -0.05) is 158 Å². The maximum Gasteiger partial charge on any atom is 0.137 e. The van der Waals surface area contributed by atoms with E-state index in [4.69, 9.17) is 8.83 Å². The number of hydrogen-bond acceptors (Lipinski definition) is 4. The van der Waals surface area contributed by atoms with Crippen molar-refractivity contribution in [3.8, 4) is 33.4 Å². The Kier molecular flexibility index (Phi) is 9.12. The molecule has 4 nitrogen and oxygen atoms in total. The van der Waals surface area contributed by atoms with Crippen LogP contribution in [-0.2, 0) is 0 Å². The third-order valence-electron chi connectivity index (χ3n) is 12.2. The van der Waals surface area contributed by atoms with Gasteiger partial charge < -0.3 is 18.6 Å². The van der Waals surface area contributed by atoms with Crippen LogP contribution in [0.2, 0.25) is 0 Å². The highest BCUT2D eigenvalue weighted by Gasteiger charge is 2.24. The van der Waals surface area contributed by atoms with Crippen molar-refractivity contribution in [1.82, 2.24) is 0 Å². The lowest BCUT2D eigenvalue weighted by Crippen LogP contribution is -2.13. The van der Waals surface area contributed by atoms with Crippen molar-refractivity contribution in [2.75, 3.05) is 9.80 Å². The van der Waals surface area contributed by atoms with E-state index in [2.05, 4.69) is 228 Å². The summed E-state index contributed by atoms with van der Waals surface area (Å²) in [6, 6.07) is 85.9. The Morgan fingerprint density at radius 3 is 1.06 bits per heavy atom. The van der Waals surface area contributed by atoms with Crippen molar-refractivity contribution in [1.29, 1.82) is 0 Å². The molecule has 0 aliphatic carbocycles. The van der Waals surface area contributed by atoms with Crippen LogP contribution in [0.4, 0.5) is 34.1 Å². The molecule has 0 aliphatic heterocycles. The monoisotopic (exact) mass is 820 g/mol. The molecule has 0 atom stereocenters. The quantitative estimate of drug-likeness (QED) is 0.145. The van der Waals surface area contributed by atoms with Gasteiger partial charge in [0.05, 0.1) is 11.4 Å². The van der Waals surface area contributed by atoms with E-state index in [1.54, 1.807) is 0 Å². The molecule has 0 saturated carbocycles. The summed E-state index contributed by atoms with van der Waals surface area (Å²) in [4.78, 5) is 4.73. The van der Waals surface area contributed by atoms with Gasteiger partial charge in [-0.15, -0.1) is 0 Å². The molecule has 2 aromatic heterocycles. The van der Waals surface area contributed by atoms with Crippen LogP contribution < -0.4 is 9.80 Å². The van der Waals surface area contributed by atoms with Gasteiger partial charge in [0.15, 0.2) is 0 Å². The Bertz CT molecular complexity index is 3400. The summed E-state index contributed by atoms with van der Waals surface area (Å²) < 4.78 is 13.0. The fourth-order valence-corrected chi connectivity index (χ4v) is 9.26. The van der Waals surface area contributed by atoms with Gasteiger partial charge in [0.1, 0.15) is 22.3 Å². The zero-order valence-electron chi connectivity index (χ0n) is 34.8. The second kappa shape index (κ2) is 15.7. The molecule has 0 unspecified atom stereocenters. The average molecular weight is 821 g/mol. The van der Waals surface area contributed by atoms with Gasteiger partial charge in [0, 0.05) is 67.6 Å². The molecular weight excluding hydrogens is 781 g/mol. The number of hydrogen-bond donors (Lipinski definition) is 0. The molecule has 0 bridgehead atoms. The standard InChI is InChI=1S/C60H40N2O2/c1-3-17-41(18-4-1)43-21-15-23-45(37-43)61(47-33-35-53-51-27-9-13-31-57(51)63-59(53)39-47)55-29-11-7-25-49(55)50-26-8-12-30-56(50)62(46-24-16-22-44(38-46)42-19-5-2-6-20-42)48-34-36-54-52-28-10-14-32-58(52)64-60(54)40-48/h1-40H. The van der Waals surface area contributed by atoms with Gasteiger partial charge in [0.25, 0.3) is 0 Å². The number of nitrogens with zero attached hydrogens (tertiary/aromatic N) is 2. The van der Waals surface area contributed by atoms with Crippen LogP contribution in [0, 0.1) is 0 Å². The number of para-hydroxylation sites is 4. The van der Waals surface area contributed by atoms with Crippen LogP contribution in [0.1, 0.15) is 0 Å². The van der Waals surface area contributed by atoms with Crippen molar-refractivity contribution >= 4 is 78.0 Å². The fraction of sp³-hybridized carbons (Fsp3) is 0. The first kappa shape index (κ1) is 37.2. The summed E-state index contributed by atoms with van der Waals surface area (Å²) in [5.41, 5.74) is 16.3. The maximum absolute atomic E-state index is 6.52. The van der Waals surface area contributed by atoms with Gasteiger partial charge in [-0.3, -0.25) is 0 Å². The maximum atomic E-state index is 6.52. The Morgan fingerprint density at radius 1 is 0.234 bits per heavy atom. The molecule has 64 heavy (non-hydrogen) atoms. The van der Waals surface area contributed by atoms with Crippen LogP contribution >= 0.6 is 0 Å². The van der Waals surface area contributed by atoms with Crippen LogP contribution in [0.15, 0.2) is 251 Å². The van der Waals surface area contributed by atoms with E-state index in [0.717, 1.165) is 111 Å². The highest BCUT2D eigenvalue weighted by atomic mass is 16.3. The summed E-state index contributed by atoms with van der Waals surface area (Å²) in [5, 5.41) is 4.39. The summed E-state index contributed by atoms with van der Waals surface area (Å²) in [6.45, 7) is 0. The lowest BCUT2D eigenvalue weighted by Gasteiger charge is -2.31. The minimum atomic E-state index is 0.839. The molecule has 0 aliphatic rings. The molecular formula is C60H40N2O2. The molecule has 0 spiro atoms. The van der Waals surface area contributed by atoms with E-state index in [9.17, 15) is 0 Å². The van der Waals surface area contributed by atoms with Gasteiger partial charge in [-0.2, -0.15) is 0 Å². The predicted molar refractivity (Wildman–Crippen MR) is 267 cm³/mol. The Morgan fingerprint density at radius 2 is 0.594 bits per heavy atom.